The highest BCUT2D eigenvalue weighted by atomic mass is 16.2. The first kappa shape index (κ1) is 20.4. The third-order valence-electron chi connectivity index (χ3n) is 5.71. The number of amides is 3. The minimum atomic E-state index is -0.399. The van der Waals surface area contributed by atoms with Crippen molar-refractivity contribution in [2.24, 2.45) is 0 Å². The monoisotopic (exact) mass is 432 g/mol. The maximum atomic E-state index is 13.5. The second-order valence-electron chi connectivity index (χ2n) is 7.74. The van der Waals surface area contributed by atoms with Gasteiger partial charge in [-0.15, -0.1) is 0 Å². The van der Waals surface area contributed by atoms with Gasteiger partial charge in [0, 0.05) is 11.3 Å². The highest BCUT2D eigenvalue weighted by Gasteiger charge is 2.37. The Hall–Kier alpha value is -4.51. The van der Waals surface area contributed by atoms with Crippen molar-refractivity contribution in [3.63, 3.8) is 0 Å². The fourth-order valence-electron chi connectivity index (χ4n) is 3.97. The van der Waals surface area contributed by atoms with E-state index in [9.17, 15) is 14.4 Å². The molecule has 0 radical (unpaired) electrons. The Bertz CT molecular complexity index is 1300. The van der Waals surface area contributed by atoms with Crippen LogP contribution in [0.2, 0.25) is 0 Å². The quantitative estimate of drug-likeness (QED) is 0.405. The number of hydrogen-bond donors (Lipinski definition) is 0. The maximum absolute atomic E-state index is 13.5. The Morgan fingerprint density at radius 1 is 0.606 bits per heavy atom. The summed E-state index contributed by atoms with van der Waals surface area (Å²) >= 11 is 0. The summed E-state index contributed by atoms with van der Waals surface area (Å²) in [5.74, 6) is -1.09. The smallest absolute Gasteiger partial charge is 0.263 e. The molecule has 1 heterocycles. The summed E-state index contributed by atoms with van der Waals surface area (Å²) in [6.07, 6.45) is 0. The van der Waals surface area contributed by atoms with Gasteiger partial charge in [-0.25, -0.2) is 0 Å². The van der Waals surface area contributed by atoms with Crippen LogP contribution in [0.15, 0.2) is 109 Å². The lowest BCUT2D eigenvalue weighted by Crippen LogP contribution is -2.44. The van der Waals surface area contributed by atoms with Gasteiger partial charge in [0.25, 0.3) is 17.7 Å². The molecule has 1 aliphatic heterocycles. The summed E-state index contributed by atoms with van der Waals surface area (Å²) < 4.78 is 0. The number of imide groups is 1. The Morgan fingerprint density at radius 3 is 1.67 bits per heavy atom. The molecule has 0 bridgehead atoms. The molecule has 0 saturated carbocycles. The molecule has 0 spiro atoms. The van der Waals surface area contributed by atoms with E-state index in [-0.39, 0.29) is 12.6 Å². The van der Waals surface area contributed by atoms with Crippen molar-refractivity contribution in [1.82, 2.24) is 4.90 Å². The summed E-state index contributed by atoms with van der Waals surface area (Å²) in [7, 11) is 0. The largest absolute Gasteiger partial charge is 0.290 e. The van der Waals surface area contributed by atoms with Gasteiger partial charge in [0.1, 0.15) is 6.67 Å². The van der Waals surface area contributed by atoms with Gasteiger partial charge in [-0.3, -0.25) is 24.2 Å². The van der Waals surface area contributed by atoms with Crippen LogP contribution in [-0.4, -0.2) is 29.3 Å². The summed E-state index contributed by atoms with van der Waals surface area (Å²) in [4.78, 5) is 41.9. The highest BCUT2D eigenvalue weighted by Crippen LogP contribution is 2.26. The highest BCUT2D eigenvalue weighted by molar-refractivity contribution is 6.22. The van der Waals surface area contributed by atoms with E-state index in [4.69, 9.17) is 0 Å². The summed E-state index contributed by atoms with van der Waals surface area (Å²) in [6, 6.07) is 33.0. The van der Waals surface area contributed by atoms with E-state index in [1.807, 2.05) is 60.7 Å². The Kier molecular flexibility index (Phi) is 5.29. The van der Waals surface area contributed by atoms with Crippen molar-refractivity contribution in [1.29, 1.82) is 0 Å². The van der Waals surface area contributed by atoms with Gasteiger partial charge < -0.3 is 0 Å². The minimum absolute atomic E-state index is 0.171. The van der Waals surface area contributed by atoms with E-state index in [1.54, 1.807) is 48.5 Å². The number of hydrogen-bond acceptors (Lipinski definition) is 3. The fourth-order valence-corrected chi connectivity index (χ4v) is 3.97. The van der Waals surface area contributed by atoms with Gasteiger partial charge >= 0.3 is 0 Å². The van der Waals surface area contributed by atoms with Crippen LogP contribution in [0.3, 0.4) is 0 Å². The van der Waals surface area contributed by atoms with Crippen LogP contribution in [0.25, 0.3) is 11.1 Å². The molecule has 0 saturated heterocycles. The Morgan fingerprint density at radius 2 is 1.09 bits per heavy atom. The van der Waals surface area contributed by atoms with Crippen LogP contribution in [-0.2, 0) is 0 Å². The fraction of sp³-hybridized carbons (Fsp3) is 0.0357. The molecular weight excluding hydrogens is 412 g/mol. The molecule has 0 unspecified atom stereocenters. The van der Waals surface area contributed by atoms with Gasteiger partial charge in [-0.05, 0) is 47.5 Å². The number of carbonyl (C=O) groups is 3. The third-order valence-corrected chi connectivity index (χ3v) is 5.71. The van der Waals surface area contributed by atoms with Crippen LogP contribution in [0.5, 0.6) is 0 Å². The molecule has 1 aliphatic rings. The molecule has 5 heteroatoms. The number of benzene rings is 4. The lowest BCUT2D eigenvalue weighted by Gasteiger charge is -2.27. The molecule has 160 valence electrons. The van der Waals surface area contributed by atoms with Crippen LogP contribution < -0.4 is 4.90 Å². The predicted molar refractivity (Wildman–Crippen MR) is 127 cm³/mol. The topological polar surface area (TPSA) is 57.7 Å². The van der Waals surface area contributed by atoms with E-state index >= 15 is 0 Å². The van der Waals surface area contributed by atoms with Crippen molar-refractivity contribution >= 4 is 23.4 Å². The SMILES string of the molecule is O=C1c2ccccc2C(=O)N1CN(C(=O)c1ccc(-c2ccccc2)cc1)c1ccccc1. The number of fused-ring (bicyclic) bond motifs is 1. The Balaban J connectivity index is 1.46. The van der Waals surface area contributed by atoms with Crippen LogP contribution in [0.4, 0.5) is 5.69 Å². The maximum Gasteiger partial charge on any atom is 0.263 e. The third kappa shape index (κ3) is 3.81. The molecule has 5 rings (SSSR count). The molecule has 0 aromatic heterocycles. The number of anilines is 1. The van der Waals surface area contributed by atoms with Gasteiger partial charge in [0.15, 0.2) is 0 Å². The number of rotatable bonds is 5. The molecule has 0 fully saturated rings. The summed E-state index contributed by atoms with van der Waals surface area (Å²) in [6.45, 7) is -0.171. The van der Waals surface area contributed by atoms with Crippen molar-refractivity contribution in [3.8, 4) is 11.1 Å². The molecule has 0 aliphatic carbocycles. The summed E-state index contributed by atoms with van der Waals surface area (Å²) in [5.41, 5.74) is 3.84. The molecule has 4 aromatic carbocycles. The number of carbonyl (C=O) groups excluding carboxylic acids is 3. The molecule has 4 aromatic rings. The zero-order valence-electron chi connectivity index (χ0n) is 17.7. The van der Waals surface area contributed by atoms with E-state index in [2.05, 4.69) is 0 Å². The van der Waals surface area contributed by atoms with Crippen molar-refractivity contribution < 1.29 is 14.4 Å². The van der Waals surface area contributed by atoms with E-state index < -0.39 is 11.8 Å². The molecule has 0 N–H and O–H groups in total. The van der Waals surface area contributed by atoms with Gasteiger partial charge in [0.2, 0.25) is 0 Å². The first-order chi connectivity index (χ1) is 16.1. The van der Waals surface area contributed by atoms with E-state index in [1.165, 1.54) is 4.90 Å². The van der Waals surface area contributed by atoms with Gasteiger partial charge in [-0.1, -0.05) is 72.8 Å². The standard InChI is InChI=1S/C28H20N2O3/c31-26(22-17-15-21(16-18-22)20-9-3-1-4-10-20)29(23-11-5-2-6-12-23)19-30-27(32)24-13-7-8-14-25(24)28(30)33/h1-18H,19H2. The van der Waals surface area contributed by atoms with Crippen LogP contribution in [0, 0.1) is 0 Å². The second kappa shape index (κ2) is 8.55. The zero-order valence-corrected chi connectivity index (χ0v) is 17.7. The second-order valence-corrected chi connectivity index (χ2v) is 7.74. The number of nitrogens with zero attached hydrogens (tertiary/aromatic N) is 2. The average Bonchev–Trinajstić information content (AvgIpc) is 3.12. The molecular formula is C28H20N2O3. The van der Waals surface area contributed by atoms with Crippen molar-refractivity contribution in [2.75, 3.05) is 11.6 Å². The van der Waals surface area contributed by atoms with Crippen molar-refractivity contribution in [2.45, 2.75) is 0 Å². The van der Waals surface area contributed by atoms with E-state index in [0.717, 1.165) is 16.0 Å². The molecule has 0 atom stereocenters. The van der Waals surface area contributed by atoms with Crippen molar-refractivity contribution in [3.05, 3.63) is 126 Å². The van der Waals surface area contributed by atoms with E-state index in [0.29, 0.717) is 22.4 Å². The zero-order chi connectivity index (χ0) is 22.8. The normalized spacial score (nSPS) is 12.5. The summed E-state index contributed by atoms with van der Waals surface area (Å²) in [5, 5.41) is 0. The molecule has 33 heavy (non-hydrogen) atoms. The molecule has 5 nitrogen and oxygen atoms in total. The molecule has 3 amide bonds. The minimum Gasteiger partial charge on any atom is -0.290 e. The van der Waals surface area contributed by atoms with Gasteiger partial charge in [-0.2, -0.15) is 0 Å². The lowest BCUT2D eigenvalue weighted by molar-refractivity contribution is 0.0650. The van der Waals surface area contributed by atoms with Crippen LogP contribution >= 0.6 is 0 Å². The van der Waals surface area contributed by atoms with Crippen LogP contribution in [0.1, 0.15) is 31.1 Å². The average molecular weight is 432 g/mol. The number of para-hydroxylation sites is 1. The van der Waals surface area contributed by atoms with Gasteiger partial charge in [0.05, 0.1) is 11.1 Å². The lowest BCUT2D eigenvalue weighted by atomic mass is 10.0. The first-order valence-corrected chi connectivity index (χ1v) is 10.6. The Labute approximate surface area is 191 Å². The first-order valence-electron chi connectivity index (χ1n) is 10.6. The predicted octanol–water partition coefficient (Wildman–Crippen LogP) is 5.25.